The Kier molecular flexibility index (Phi) is 8.38. The Morgan fingerprint density at radius 1 is 1.03 bits per heavy atom. The van der Waals surface area contributed by atoms with Crippen LogP contribution < -0.4 is 9.64 Å². The van der Waals surface area contributed by atoms with Crippen molar-refractivity contribution in [1.82, 2.24) is 9.80 Å². The normalized spacial score (nSPS) is 19.9. The highest BCUT2D eigenvalue weighted by atomic mass is 19.1. The molecule has 2 aliphatic heterocycles. The third kappa shape index (κ3) is 5.44. The van der Waals surface area contributed by atoms with Crippen molar-refractivity contribution in [3.8, 4) is 5.75 Å². The molecule has 1 saturated heterocycles. The lowest BCUT2D eigenvalue weighted by atomic mass is 9.84. The topological polar surface area (TPSA) is 62.3 Å². The van der Waals surface area contributed by atoms with E-state index in [1.54, 1.807) is 37.1 Å². The van der Waals surface area contributed by atoms with Crippen LogP contribution in [-0.2, 0) is 14.3 Å². The summed E-state index contributed by atoms with van der Waals surface area (Å²) in [4.78, 5) is 32.9. The van der Waals surface area contributed by atoms with Crippen molar-refractivity contribution in [2.75, 3.05) is 57.9 Å². The monoisotopic (exact) mass is 495 g/mol. The van der Waals surface area contributed by atoms with Gasteiger partial charge < -0.3 is 19.3 Å². The molecular weight excluding hydrogens is 461 g/mol. The minimum Gasteiger partial charge on any atom is -0.494 e. The van der Waals surface area contributed by atoms with Crippen LogP contribution >= 0.6 is 0 Å². The molecule has 2 atom stereocenters. The van der Waals surface area contributed by atoms with Crippen LogP contribution in [0, 0.1) is 11.7 Å². The summed E-state index contributed by atoms with van der Waals surface area (Å²) in [6.45, 7) is 7.38. The van der Waals surface area contributed by atoms with Crippen LogP contribution in [0.5, 0.6) is 5.75 Å². The van der Waals surface area contributed by atoms with Gasteiger partial charge in [-0.1, -0.05) is 24.3 Å². The largest absolute Gasteiger partial charge is 0.494 e. The van der Waals surface area contributed by atoms with Gasteiger partial charge in [-0.2, -0.15) is 0 Å². The first-order valence-corrected chi connectivity index (χ1v) is 12.4. The predicted octanol–water partition coefficient (Wildman–Crippen LogP) is 3.67. The van der Waals surface area contributed by atoms with Gasteiger partial charge in [-0.3, -0.25) is 14.5 Å². The molecular formula is C28H34FN3O4. The number of piperazine rings is 1. The zero-order chi connectivity index (χ0) is 25.7. The number of ketones is 1. The summed E-state index contributed by atoms with van der Waals surface area (Å²) in [5.74, 6) is -0.790. The summed E-state index contributed by atoms with van der Waals surface area (Å²) < 4.78 is 25.2. The number of benzene rings is 2. The zero-order valence-corrected chi connectivity index (χ0v) is 21.2. The molecule has 0 saturated carbocycles. The first-order valence-electron chi connectivity index (χ1n) is 12.4. The second kappa shape index (κ2) is 11.7. The van der Waals surface area contributed by atoms with Gasteiger partial charge in [-0.05, 0) is 43.7 Å². The molecule has 0 bridgehead atoms. The van der Waals surface area contributed by atoms with Crippen molar-refractivity contribution in [1.29, 1.82) is 0 Å². The van der Waals surface area contributed by atoms with Gasteiger partial charge in [0.05, 0.1) is 24.9 Å². The summed E-state index contributed by atoms with van der Waals surface area (Å²) in [5, 5.41) is 0. The Bertz CT molecular complexity index is 1100. The van der Waals surface area contributed by atoms with Crippen LogP contribution in [0.4, 0.5) is 10.1 Å². The highest BCUT2D eigenvalue weighted by Crippen LogP contribution is 2.36. The van der Waals surface area contributed by atoms with E-state index in [0.29, 0.717) is 57.3 Å². The van der Waals surface area contributed by atoms with Crippen LogP contribution in [0.1, 0.15) is 25.5 Å². The number of rotatable bonds is 9. The third-order valence-electron chi connectivity index (χ3n) is 6.88. The lowest BCUT2D eigenvalue weighted by Crippen LogP contribution is -2.54. The van der Waals surface area contributed by atoms with Gasteiger partial charge >= 0.3 is 0 Å². The quantitative estimate of drug-likeness (QED) is 0.495. The third-order valence-corrected chi connectivity index (χ3v) is 6.88. The molecule has 2 heterocycles. The zero-order valence-electron chi connectivity index (χ0n) is 21.2. The number of allylic oxidation sites excluding steroid dienone is 2. The Balaban J connectivity index is 1.64. The fraction of sp³-hybridized carbons (Fsp3) is 0.429. The molecule has 1 fully saturated rings. The van der Waals surface area contributed by atoms with E-state index in [2.05, 4.69) is 4.90 Å². The number of amides is 1. The summed E-state index contributed by atoms with van der Waals surface area (Å²) in [5.41, 5.74) is 2.08. The Morgan fingerprint density at radius 3 is 2.36 bits per heavy atom. The Hall–Kier alpha value is -3.23. The highest BCUT2D eigenvalue weighted by Gasteiger charge is 2.44. The number of anilines is 1. The predicted molar refractivity (Wildman–Crippen MR) is 136 cm³/mol. The smallest absolute Gasteiger partial charge is 0.239 e. The average molecular weight is 496 g/mol. The van der Waals surface area contributed by atoms with Gasteiger partial charge in [-0.15, -0.1) is 0 Å². The van der Waals surface area contributed by atoms with Crippen LogP contribution in [-0.4, -0.2) is 74.5 Å². The van der Waals surface area contributed by atoms with Crippen molar-refractivity contribution >= 4 is 17.4 Å². The average Bonchev–Trinajstić information content (AvgIpc) is 2.88. The fourth-order valence-corrected chi connectivity index (χ4v) is 5.09. The first-order chi connectivity index (χ1) is 17.4. The van der Waals surface area contributed by atoms with Gasteiger partial charge in [0.2, 0.25) is 5.91 Å². The number of hydrogen-bond donors (Lipinski definition) is 0. The Labute approximate surface area is 212 Å². The van der Waals surface area contributed by atoms with E-state index in [-0.39, 0.29) is 17.5 Å². The molecule has 2 aromatic rings. The summed E-state index contributed by atoms with van der Waals surface area (Å²) in [6, 6.07) is 13.9. The van der Waals surface area contributed by atoms with E-state index in [1.807, 2.05) is 42.2 Å². The number of carbonyl (C=O) groups excluding carboxylic acids is 2. The molecule has 1 amide bonds. The number of carbonyl (C=O) groups is 2. The molecule has 0 spiro atoms. The summed E-state index contributed by atoms with van der Waals surface area (Å²) >= 11 is 0. The number of halogens is 1. The number of hydrogen-bond acceptors (Lipinski definition) is 6. The maximum atomic E-state index is 14.4. The molecule has 2 unspecified atom stereocenters. The van der Waals surface area contributed by atoms with Gasteiger partial charge in [-0.25, -0.2) is 4.39 Å². The van der Waals surface area contributed by atoms with Crippen molar-refractivity contribution in [3.05, 3.63) is 71.7 Å². The van der Waals surface area contributed by atoms with Crippen molar-refractivity contribution in [3.63, 3.8) is 0 Å². The lowest BCUT2D eigenvalue weighted by molar-refractivity contribution is -0.143. The van der Waals surface area contributed by atoms with E-state index < -0.39 is 12.0 Å². The molecule has 0 radical (unpaired) electrons. The number of nitrogens with zero attached hydrogens (tertiary/aromatic N) is 3. The second-order valence-electron chi connectivity index (χ2n) is 9.07. The highest BCUT2D eigenvalue weighted by molar-refractivity contribution is 6.10. The molecule has 0 aliphatic carbocycles. The molecule has 36 heavy (non-hydrogen) atoms. The maximum Gasteiger partial charge on any atom is 0.239 e. The Morgan fingerprint density at radius 2 is 1.72 bits per heavy atom. The molecule has 2 aromatic carbocycles. The molecule has 7 nitrogen and oxygen atoms in total. The van der Waals surface area contributed by atoms with Crippen molar-refractivity contribution in [2.45, 2.75) is 19.9 Å². The second-order valence-corrected chi connectivity index (χ2v) is 9.07. The van der Waals surface area contributed by atoms with E-state index in [0.717, 1.165) is 11.3 Å². The van der Waals surface area contributed by atoms with E-state index >= 15 is 0 Å². The first kappa shape index (κ1) is 25.9. The SMILES string of the molecule is CCOc1ccc(C(C2C(=O)C=C(C)N(CCOC)C2=O)N2CCN(c3ccccc3F)CC2)cc1. The minimum atomic E-state index is -0.872. The molecule has 8 heteroatoms. The van der Waals surface area contributed by atoms with Crippen LogP contribution in [0.2, 0.25) is 0 Å². The molecule has 4 rings (SSSR count). The van der Waals surface area contributed by atoms with Crippen LogP contribution in [0.3, 0.4) is 0 Å². The van der Waals surface area contributed by atoms with Gasteiger partial charge in [0.15, 0.2) is 5.78 Å². The fourth-order valence-electron chi connectivity index (χ4n) is 5.09. The molecule has 192 valence electrons. The molecule has 2 aliphatic rings. The number of para-hydroxylation sites is 1. The standard InChI is InChI=1S/C28H34FN3O4/c1-4-36-22-11-9-21(10-12-22)27(26-25(33)19-20(2)32(28(26)34)17-18-35-3)31-15-13-30(14-16-31)24-8-6-5-7-23(24)29/h5-12,19,26-27H,4,13-18H2,1-3H3. The lowest BCUT2D eigenvalue weighted by Gasteiger charge is -2.44. The summed E-state index contributed by atoms with van der Waals surface area (Å²) in [6.07, 6.45) is 1.57. The van der Waals surface area contributed by atoms with Gasteiger partial charge in [0.1, 0.15) is 17.5 Å². The minimum absolute atomic E-state index is 0.193. The number of methoxy groups -OCH3 is 1. The van der Waals surface area contributed by atoms with Gasteiger partial charge in [0, 0.05) is 51.6 Å². The van der Waals surface area contributed by atoms with Crippen LogP contribution in [0.15, 0.2) is 60.3 Å². The summed E-state index contributed by atoms with van der Waals surface area (Å²) in [7, 11) is 1.59. The number of ether oxygens (including phenoxy) is 2. The molecule has 0 aromatic heterocycles. The van der Waals surface area contributed by atoms with Crippen molar-refractivity contribution < 1.29 is 23.5 Å². The maximum absolute atomic E-state index is 14.4. The van der Waals surface area contributed by atoms with E-state index in [4.69, 9.17) is 9.47 Å². The van der Waals surface area contributed by atoms with Gasteiger partial charge in [0.25, 0.3) is 0 Å². The van der Waals surface area contributed by atoms with E-state index in [1.165, 1.54) is 6.07 Å². The van der Waals surface area contributed by atoms with Crippen LogP contribution in [0.25, 0.3) is 0 Å². The van der Waals surface area contributed by atoms with Crippen molar-refractivity contribution in [2.24, 2.45) is 5.92 Å². The van der Waals surface area contributed by atoms with E-state index in [9.17, 15) is 14.0 Å². The molecule has 0 N–H and O–H groups in total.